The van der Waals surface area contributed by atoms with E-state index in [-0.39, 0.29) is 35.1 Å². The van der Waals surface area contributed by atoms with Crippen LogP contribution < -0.4 is 5.32 Å². The number of thiophene rings is 1. The molecule has 0 saturated heterocycles. The van der Waals surface area contributed by atoms with Crippen LogP contribution in [0.2, 0.25) is 0 Å². The maximum atomic E-state index is 12.3. The monoisotopic (exact) mass is 447 g/mol. The highest BCUT2D eigenvalue weighted by molar-refractivity contribution is 7.18. The fourth-order valence-electron chi connectivity index (χ4n) is 2.71. The predicted molar refractivity (Wildman–Crippen MR) is 115 cm³/mol. The zero-order valence-corrected chi connectivity index (χ0v) is 18.5. The Morgan fingerprint density at radius 2 is 1.58 bits per heavy atom. The molecule has 2 aromatic rings. The lowest BCUT2D eigenvalue weighted by Gasteiger charge is -2.08. The van der Waals surface area contributed by atoms with E-state index in [4.69, 9.17) is 14.2 Å². The number of ether oxygens (including phenoxy) is 3. The highest BCUT2D eigenvalue weighted by Gasteiger charge is 2.27. The van der Waals surface area contributed by atoms with Gasteiger partial charge in [0.25, 0.3) is 5.91 Å². The Bertz CT molecular complexity index is 937. The van der Waals surface area contributed by atoms with Gasteiger partial charge in [0.2, 0.25) is 0 Å². The van der Waals surface area contributed by atoms with Crippen LogP contribution in [0.3, 0.4) is 0 Å². The summed E-state index contributed by atoms with van der Waals surface area (Å²) in [6.07, 6.45) is 0.637. The summed E-state index contributed by atoms with van der Waals surface area (Å²) in [5.74, 6) is -2.40. The molecule has 0 bridgehead atoms. The first-order chi connectivity index (χ1) is 14.9. The number of hydrogen-bond acceptors (Lipinski definition) is 8. The molecule has 9 heteroatoms. The van der Waals surface area contributed by atoms with E-state index in [1.54, 1.807) is 20.8 Å². The third-order valence-corrected chi connectivity index (χ3v) is 5.35. The summed E-state index contributed by atoms with van der Waals surface area (Å²) < 4.78 is 15.1. The number of aryl methyl sites for hydroxylation is 1. The van der Waals surface area contributed by atoms with Crippen LogP contribution in [-0.2, 0) is 30.2 Å². The number of rotatable bonds is 10. The zero-order chi connectivity index (χ0) is 22.8. The summed E-state index contributed by atoms with van der Waals surface area (Å²) >= 11 is 0.911. The van der Waals surface area contributed by atoms with Crippen LogP contribution in [0.4, 0.5) is 5.00 Å². The van der Waals surface area contributed by atoms with Gasteiger partial charge in [0.15, 0.2) is 6.61 Å². The van der Waals surface area contributed by atoms with Crippen molar-refractivity contribution in [1.82, 2.24) is 0 Å². The van der Waals surface area contributed by atoms with Crippen molar-refractivity contribution in [1.29, 1.82) is 0 Å². The fraction of sp³-hybridized carbons (Fsp3) is 0.364. The van der Waals surface area contributed by atoms with Crippen LogP contribution in [0, 0.1) is 6.92 Å². The summed E-state index contributed by atoms with van der Waals surface area (Å²) in [5, 5.41) is 2.67. The van der Waals surface area contributed by atoms with Gasteiger partial charge in [0.1, 0.15) is 9.88 Å². The van der Waals surface area contributed by atoms with Crippen LogP contribution >= 0.6 is 11.3 Å². The first kappa shape index (κ1) is 24.1. The molecule has 31 heavy (non-hydrogen) atoms. The second-order valence-corrected chi connectivity index (χ2v) is 7.42. The molecular weight excluding hydrogens is 422 g/mol. The van der Waals surface area contributed by atoms with Gasteiger partial charge in [-0.15, -0.1) is 11.3 Å². The molecule has 0 aliphatic carbocycles. The molecular formula is C22H25NO7S. The normalized spacial score (nSPS) is 10.3. The number of carbonyl (C=O) groups excluding carboxylic acids is 4. The number of nitrogens with one attached hydrogen (secondary N) is 1. The molecule has 1 aromatic heterocycles. The van der Waals surface area contributed by atoms with Crippen molar-refractivity contribution in [2.24, 2.45) is 0 Å². The Balaban J connectivity index is 2.01. The van der Waals surface area contributed by atoms with Crippen molar-refractivity contribution in [3.05, 3.63) is 51.9 Å². The van der Waals surface area contributed by atoms with E-state index >= 15 is 0 Å². The molecule has 0 aliphatic rings. The van der Waals surface area contributed by atoms with Gasteiger partial charge in [-0.2, -0.15) is 0 Å². The molecule has 1 heterocycles. The molecule has 0 radical (unpaired) electrons. The van der Waals surface area contributed by atoms with Crippen LogP contribution in [0.1, 0.15) is 51.4 Å². The molecule has 0 saturated carbocycles. The van der Waals surface area contributed by atoms with E-state index < -0.39 is 30.4 Å². The molecule has 0 atom stereocenters. The first-order valence-electron chi connectivity index (χ1n) is 9.84. The van der Waals surface area contributed by atoms with E-state index in [0.717, 1.165) is 16.9 Å². The molecule has 166 valence electrons. The maximum absolute atomic E-state index is 12.3. The van der Waals surface area contributed by atoms with Crippen LogP contribution in [0.15, 0.2) is 30.3 Å². The van der Waals surface area contributed by atoms with E-state index in [0.29, 0.717) is 12.0 Å². The zero-order valence-electron chi connectivity index (χ0n) is 17.7. The van der Waals surface area contributed by atoms with E-state index in [1.807, 2.05) is 30.3 Å². The number of benzene rings is 1. The predicted octanol–water partition coefficient (Wildman–Crippen LogP) is 3.52. The third-order valence-electron chi connectivity index (χ3n) is 4.16. The SMILES string of the molecule is CCOC(=O)c1sc(NC(=O)COC(=O)CCc2ccccc2)c(C(=O)OCC)c1C. The van der Waals surface area contributed by atoms with Gasteiger partial charge in [-0.1, -0.05) is 30.3 Å². The molecule has 2 rings (SSSR count). The standard InChI is InChI=1S/C22H25NO7S/c1-4-28-21(26)18-14(3)19(22(27)29-5-2)31-20(18)23-16(24)13-30-17(25)12-11-15-9-7-6-8-10-15/h6-10H,4-5,11-13H2,1-3H3,(H,23,24). The molecule has 0 fully saturated rings. The Hall–Kier alpha value is -3.20. The minimum absolute atomic E-state index is 0.0821. The van der Waals surface area contributed by atoms with Crippen molar-refractivity contribution in [2.45, 2.75) is 33.6 Å². The summed E-state index contributed by atoms with van der Waals surface area (Å²) in [6, 6.07) is 9.44. The van der Waals surface area contributed by atoms with Gasteiger partial charge < -0.3 is 19.5 Å². The highest BCUT2D eigenvalue weighted by atomic mass is 32.1. The first-order valence-corrected chi connectivity index (χ1v) is 10.7. The van der Waals surface area contributed by atoms with Gasteiger partial charge in [0, 0.05) is 6.42 Å². The second-order valence-electron chi connectivity index (χ2n) is 6.40. The third kappa shape index (κ3) is 6.92. The Kier molecular flexibility index (Phi) is 9.20. The molecule has 0 spiro atoms. The Morgan fingerprint density at radius 1 is 0.935 bits per heavy atom. The summed E-state index contributed by atoms with van der Waals surface area (Å²) in [5.41, 5.74) is 1.43. The summed E-state index contributed by atoms with van der Waals surface area (Å²) in [6.45, 7) is 4.69. The number of hydrogen-bond donors (Lipinski definition) is 1. The second kappa shape index (κ2) is 11.8. The lowest BCUT2D eigenvalue weighted by Crippen LogP contribution is -2.22. The van der Waals surface area contributed by atoms with Crippen molar-refractivity contribution in [3.63, 3.8) is 0 Å². The number of carbonyl (C=O) groups is 4. The van der Waals surface area contributed by atoms with E-state index in [1.165, 1.54) is 0 Å². The van der Waals surface area contributed by atoms with Gasteiger partial charge in [0.05, 0.1) is 18.8 Å². The average Bonchev–Trinajstić information content (AvgIpc) is 3.07. The van der Waals surface area contributed by atoms with Crippen molar-refractivity contribution in [2.75, 3.05) is 25.1 Å². The topological polar surface area (TPSA) is 108 Å². The maximum Gasteiger partial charge on any atom is 0.348 e. The molecule has 0 aliphatic heterocycles. The largest absolute Gasteiger partial charge is 0.462 e. The molecule has 0 unspecified atom stereocenters. The van der Waals surface area contributed by atoms with Crippen molar-refractivity contribution in [3.8, 4) is 0 Å². The van der Waals surface area contributed by atoms with Crippen molar-refractivity contribution >= 4 is 40.2 Å². The summed E-state index contributed by atoms with van der Waals surface area (Å²) in [7, 11) is 0. The smallest absolute Gasteiger partial charge is 0.348 e. The van der Waals surface area contributed by atoms with Gasteiger partial charge in [-0.25, -0.2) is 9.59 Å². The van der Waals surface area contributed by atoms with E-state index in [9.17, 15) is 19.2 Å². The van der Waals surface area contributed by atoms with Gasteiger partial charge in [-0.3, -0.25) is 9.59 Å². The van der Waals surface area contributed by atoms with E-state index in [2.05, 4.69) is 5.32 Å². The lowest BCUT2D eigenvalue weighted by molar-refractivity contribution is -0.147. The Labute approximate surface area is 184 Å². The van der Waals surface area contributed by atoms with Crippen molar-refractivity contribution < 1.29 is 33.4 Å². The molecule has 1 aromatic carbocycles. The summed E-state index contributed by atoms with van der Waals surface area (Å²) in [4.78, 5) is 48.9. The highest BCUT2D eigenvalue weighted by Crippen LogP contribution is 2.34. The lowest BCUT2D eigenvalue weighted by atomic mass is 10.1. The number of amides is 1. The van der Waals surface area contributed by atoms with Crippen LogP contribution in [0.5, 0.6) is 0 Å². The quantitative estimate of drug-likeness (QED) is 0.438. The number of anilines is 1. The molecule has 1 N–H and O–H groups in total. The average molecular weight is 448 g/mol. The minimum atomic E-state index is -0.665. The van der Waals surface area contributed by atoms with Gasteiger partial charge in [-0.05, 0) is 38.3 Å². The van der Waals surface area contributed by atoms with Crippen LogP contribution in [0.25, 0.3) is 0 Å². The number of esters is 3. The van der Waals surface area contributed by atoms with Gasteiger partial charge >= 0.3 is 17.9 Å². The minimum Gasteiger partial charge on any atom is -0.462 e. The molecule has 8 nitrogen and oxygen atoms in total. The molecule has 1 amide bonds. The van der Waals surface area contributed by atoms with Crippen LogP contribution in [-0.4, -0.2) is 43.6 Å². The fourth-order valence-corrected chi connectivity index (χ4v) is 3.82. The Morgan fingerprint density at radius 3 is 2.23 bits per heavy atom.